The quantitative estimate of drug-likeness (QED) is 0.587. The van der Waals surface area contributed by atoms with Crippen LogP contribution in [0, 0.1) is 5.82 Å². The fourth-order valence-corrected chi connectivity index (χ4v) is 3.96. The van der Waals surface area contributed by atoms with Crippen molar-refractivity contribution < 1.29 is 9.13 Å². The molecule has 1 atom stereocenters. The van der Waals surface area contributed by atoms with Crippen LogP contribution in [0.25, 0.3) is 0 Å². The SMILES string of the molecule is CCc1nsc(N2CCN(C(=NC)NCC(OC)c3ccc(F)cc3)CC2)n1. The van der Waals surface area contributed by atoms with E-state index in [0.717, 1.165) is 55.1 Å². The highest BCUT2D eigenvalue weighted by Gasteiger charge is 2.22. The van der Waals surface area contributed by atoms with Crippen molar-refractivity contribution in [3.8, 4) is 0 Å². The van der Waals surface area contributed by atoms with Gasteiger partial charge in [-0.1, -0.05) is 19.1 Å². The minimum Gasteiger partial charge on any atom is -0.375 e. The van der Waals surface area contributed by atoms with Crippen molar-refractivity contribution in [3.05, 3.63) is 41.5 Å². The molecule has 0 bridgehead atoms. The first kappa shape index (κ1) is 20.5. The molecule has 0 saturated carbocycles. The van der Waals surface area contributed by atoms with Crippen LogP contribution in [0.2, 0.25) is 0 Å². The first-order chi connectivity index (χ1) is 13.6. The van der Waals surface area contributed by atoms with Gasteiger partial charge >= 0.3 is 0 Å². The van der Waals surface area contributed by atoms with Gasteiger partial charge in [0.25, 0.3) is 0 Å². The summed E-state index contributed by atoms with van der Waals surface area (Å²) in [4.78, 5) is 13.5. The van der Waals surface area contributed by atoms with E-state index in [1.807, 2.05) is 0 Å². The molecule has 1 N–H and O–H groups in total. The van der Waals surface area contributed by atoms with Crippen molar-refractivity contribution in [2.75, 3.05) is 51.8 Å². The van der Waals surface area contributed by atoms with Gasteiger partial charge in [-0.15, -0.1) is 0 Å². The summed E-state index contributed by atoms with van der Waals surface area (Å²) < 4.78 is 23.1. The molecule has 0 aliphatic carbocycles. The number of nitrogens with one attached hydrogen (secondary N) is 1. The van der Waals surface area contributed by atoms with E-state index in [2.05, 4.69) is 36.4 Å². The highest BCUT2D eigenvalue weighted by atomic mass is 32.1. The van der Waals surface area contributed by atoms with Crippen LogP contribution in [0.3, 0.4) is 0 Å². The minimum absolute atomic E-state index is 0.174. The van der Waals surface area contributed by atoms with Crippen LogP contribution in [0.1, 0.15) is 24.4 Å². The molecule has 1 aliphatic rings. The van der Waals surface area contributed by atoms with Crippen LogP contribution in [0.5, 0.6) is 0 Å². The number of piperazine rings is 1. The van der Waals surface area contributed by atoms with Crippen molar-refractivity contribution in [2.24, 2.45) is 4.99 Å². The maximum Gasteiger partial charge on any atom is 0.205 e. The minimum atomic E-state index is -0.248. The molecule has 0 spiro atoms. The smallest absolute Gasteiger partial charge is 0.205 e. The number of ether oxygens (including phenoxy) is 1. The summed E-state index contributed by atoms with van der Waals surface area (Å²) in [6.45, 7) is 6.10. The number of methoxy groups -OCH3 is 1. The van der Waals surface area contributed by atoms with Crippen LogP contribution in [-0.2, 0) is 11.2 Å². The van der Waals surface area contributed by atoms with Gasteiger partial charge in [0.2, 0.25) is 5.13 Å². The number of aryl methyl sites for hydroxylation is 1. The molecule has 1 aliphatic heterocycles. The zero-order valence-electron chi connectivity index (χ0n) is 16.6. The number of aromatic nitrogens is 2. The summed E-state index contributed by atoms with van der Waals surface area (Å²) in [6, 6.07) is 6.40. The second-order valence-electron chi connectivity index (χ2n) is 6.52. The lowest BCUT2D eigenvalue weighted by atomic mass is 10.1. The van der Waals surface area contributed by atoms with E-state index in [4.69, 9.17) is 4.74 Å². The number of anilines is 1. The van der Waals surface area contributed by atoms with Crippen molar-refractivity contribution in [1.29, 1.82) is 0 Å². The molecule has 9 heteroatoms. The Morgan fingerprint density at radius 2 is 2.00 bits per heavy atom. The summed E-state index contributed by atoms with van der Waals surface area (Å²) in [5, 5.41) is 4.38. The molecule has 1 unspecified atom stereocenters. The number of rotatable bonds is 6. The van der Waals surface area contributed by atoms with Crippen LogP contribution in [0.15, 0.2) is 29.3 Å². The van der Waals surface area contributed by atoms with Crippen LogP contribution >= 0.6 is 11.5 Å². The third-order valence-electron chi connectivity index (χ3n) is 4.81. The maximum absolute atomic E-state index is 13.1. The zero-order chi connectivity index (χ0) is 19.9. The Morgan fingerprint density at radius 3 is 2.57 bits per heavy atom. The molecule has 1 saturated heterocycles. The van der Waals surface area contributed by atoms with Crippen molar-refractivity contribution in [3.63, 3.8) is 0 Å². The van der Waals surface area contributed by atoms with Gasteiger partial charge < -0.3 is 19.9 Å². The van der Waals surface area contributed by atoms with E-state index >= 15 is 0 Å². The number of benzene rings is 1. The predicted octanol–water partition coefficient (Wildman–Crippen LogP) is 2.32. The first-order valence-corrected chi connectivity index (χ1v) is 10.2. The Kier molecular flexibility index (Phi) is 7.16. The molecule has 3 rings (SSSR count). The normalized spacial score (nSPS) is 16.4. The average Bonchev–Trinajstić information content (AvgIpc) is 3.22. The van der Waals surface area contributed by atoms with Crippen LogP contribution in [0.4, 0.5) is 9.52 Å². The number of halogens is 1. The van der Waals surface area contributed by atoms with E-state index in [0.29, 0.717) is 6.54 Å². The molecule has 1 aromatic heterocycles. The van der Waals surface area contributed by atoms with Gasteiger partial charge in [0.1, 0.15) is 11.6 Å². The predicted molar refractivity (Wildman–Crippen MR) is 111 cm³/mol. The third kappa shape index (κ3) is 4.96. The largest absolute Gasteiger partial charge is 0.375 e. The molecule has 7 nitrogen and oxygen atoms in total. The summed E-state index contributed by atoms with van der Waals surface area (Å²) >= 11 is 1.47. The fraction of sp³-hybridized carbons (Fsp3) is 0.526. The van der Waals surface area contributed by atoms with Gasteiger partial charge in [0, 0.05) is 64.8 Å². The molecular weight excluding hydrogens is 379 g/mol. The lowest BCUT2D eigenvalue weighted by molar-refractivity contribution is 0.105. The van der Waals surface area contributed by atoms with Crippen molar-refractivity contribution >= 4 is 22.6 Å². The zero-order valence-corrected chi connectivity index (χ0v) is 17.4. The van der Waals surface area contributed by atoms with E-state index in [-0.39, 0.29) is 11.9 Å². The summed E-state index contributed by atoms with van der Waals surface area (Å²) in [5.74, 6) is 1.50. The summed E-state index contributed by atoms with van der Waals surface area (Å²) in [5.41, 5.74) is 0.930. The number of nitrogens with zero attached hydrogens (tertiary/aromatic N) is 5. The number of guanidine groups is 1. The monoisotopic (exact) mass is 406 g/mol. The second kappa shape index (κ2) is 9.79. The van der Waals surface area contributed by atoms with E-state index in [1.54, 1.807) is 26.3 Å². The van der Waals surface area contributed by atoms with E-state index < -0.39 is 0 Å². The molecule has 0 radical (unpaired) electrons. The first-order valence-electron chi connectivity index (χ1n) is 9.46. The maximum atomic E-state index is 13.1. The Hall–Kier alpha value is -2.26. The second-order valence-corrected chi connectivity index (χ2v) is 7.26. The highest BCUT2D eigenvalue weighted by molar-refractivity contribution is 7.09. The average molecular weight is 407 g/mol. The van der Waals surface area contributed by atoms with E-state index in [1.165, 1.54) is 23.7 Å². The van der Waals surface area contributed by atoms with Gasteiger partial charge in [-0.25, -0.2) is 9.37 Å². The Balaban J connectivity index is 1.53. The topological polar surface area (TPSA) is 65.9 Å². The fourth-order valence-electron chi connectivity index (χ4n) is 3.16. The summed E-state index contributed by atoms with van der Waals surface area (Å²) in [6.07, 6.45) is 0.689. The van der Waals surface area contributed by atoms with Gasteiger partial charge in [-0.05, 0) is 17.7 Å². The molecule has 1 fully saturated rings. The Bertz CT molecular complexity index is 773. The standard InChI is InChI=1S/C19H27FN6OS/c1-4-17-23-19(28-24-17)26-11-9-25(10-12-26)18(21-2)22-13-16(27-3)14-5-7-15(20)8-6-14/h5-8,16H,4,9-13H2,1-3H3,(H,21,22). The molecular formula is C19H27FN6OS. The summed E-state index contributed by atoms with van der Waals surface area (Å²) in [7, 11) is 3.44. The molecule has 28 heavy (non-hydrogen) atoms. The lowest BCUT2D eigenvalue weighted by Crippen LogP contribution is -2.53. The third-order valence-corrected chi connectivity index (χ3v) is 5.62. The van der Waals surface area contributed by atoms with Gasteiger partial charge in [0.05, 0.1) is 6.10 Å². The molecule has 2 aromatic rings. The number of hydrogen-bond acceptors (Lipinski definition) is 6. The number of aliphatic imine (C=N–C) groups is 1. The molecule has 2 heterocycles. The van der Waals surface area contributed by atoms with Crippen LogP contribution in [-0.4, -0.2) is 67.1 Å². The van der Waals surface area contributed by atoms with Gasteiger partial charge in [-0.2, -0.15) is 4.37 Å². The molecule has 0 amide bonds. The Labute approximate surface area is 169 Å². The number of hydrogen-bond donors (Lipinski definition) is 1. The van der Waals surface area contributed by atoms with Crippen molar-refractivity contribution in [1.82, 2.24) is 19.6 Å². The highest BCUT2D eigenvalue weighted by Crippen LogP contribution is 2.20. The Morgan fingerprint density at radius 1 is 1.29 bits per heavy atom. The van der Waals surface area contributed by atoms with E-state index in [9.17, 15) is 4.39 Å². The lowest BCUT2D eigenvalue weighted by Gasteiger charge is -2.36. The van der Waals surface area contributed by atoms with Gasteiger partial charge in [0.15, 0.2) is 5.96 Å². The van der Waals surface area contributed by atoms with Gasteiger partial charge in [-0.3, -0.25) is 4.99 Å². The molecule has 1 aromatic carbocycles. The molecule has 152 valence electrons. The van der Waals surface area contributed by atoms with Crippen LogP contribution < -0.4 is 10.2 Å². The van der Waals surface area contributed by atoms with Crippen molar-refractivity contribution in [2.45, 2.75) is 19.4 Å².